The Morgan fingerprint density at radius 2 is 2.00 bits per heavy atom. The first kappa shape index (κ1) is 13.9. The van der Waals surface area contributed by atoms with E-state index in [4.69, 9.17) is 0 Å². The molecule has 0 N–H and O–H groups in total. The lowest BCUT2D eigenvalue weighted by Gasteiger charge is -2.21. The number of carbonyl (C=O) groups is 1. The summed E-state index contributed by atoms with van der Waals surface area (Å²) < 4.78 is 0.697. The van der Waals surface area contributed by atoms with Gasteiger partial charge in [0.15, 0.2) is 0 Å². The Bertz CT molecular complexity index is 710. The molecule has 0 radical (unpaired) electrons. The maximum Gasteiger partial charge on any atom is 0.201 e. The van der Waals surface area contributed by atoms with Gasteiger partial charge in [0, 0.05) is 16.9 Å². The predicted molar refractivity (Wildman–Crippen MR) is 90.3 cm³/mol. The molecule has 102 valence electrons. The second kappa shape index (κ2) is 5.05. The molecule has 1 heterocycles. The van der Waals surface area contributed by atoms with E-state index in [1.165, 1.54) is 16.1 Å². The van der Waals surface area contributed by atoms with Gasteiger partial charge in [-0.25, -0.2) is 0 Å². The van der Waals surface area contributed by atoms with E-state index >= 15 is 0 Å². The van der Waals surface area contributed by atoms with E-state index in [0.29, 0.717) is 4.48 Å². The van der Waals surface area contributed by atoms with Crippen LogP contribution in [0, 0.1) is 6.92 Å². The fourth-order valence-corrected chi connectivity index (χ4v) is 4.23. The van der Waals surface area contributed by atoms with Crippen molar-refractivity contribution in [1.29, 1.82) is 0 Å². The number of aryl methyl sites for hydroxylation is 1. The summed E-state index contributed by atoms with van der Waals surface area (Å²) in [5.41, 5.74) is 6.51. The van der Waals surface area contributed by atoms with Crippen molar-refractivity contribution in [3.8, 4) is 0 Å². The molecule has 1 aliphatic carbocycles. The van der Waals surface area contributed by atoms with Crippen LogP contribution in [0.5, 0.6) is 0 Å². The minimum Gasteiger partial charge on any atom is -0.288 e. The third-order valence-electron chi connectivity index (χ3n) is 3.75. The Labute approximate surface area is 132 Å². The van der Waals surface area contributed by atoms with Crippen LogP contribution in [0.4, 0.5) is 0 Å². The number of allylic oxidation sites excluding steroid dienone is 4. The van der Waals surface area contributed by atoms with Gasteiger partial charge in [-0.2, -0.15) is 0 Å². The largest absolute Gasteiger partial charge is 0.288 e. The number of Topliss-reactive ketones (excluding diaryl/α,β-unsaturated/α-hetero) is 1. The van der Waals surface area contributed by atoms with E-state index in [0.717, 1.165) is 34.4 Å². The molecule has 1 aromatic rings. The van der Waals surface area contributed by atoms with Gasteiger partial charge in [-0.05, 0) is 58.3 Å². The summed E-state index contributed by atoms with van der Waals surface area (Å²) in [6, 6.07) is 6.11. The van der Waals surface area contributed by atoms with Crippen LogP contribution in [0.25, 0.3) is 5.57 Å². The van der Waals surface area contributed by atoms with Crippen molar-refractivity contribution in [2.75, 3.05) is 5.75 Å². The summed E-state index contributed by atoms with van der Waals surface area (Å²) in [6.45, 7) is 8.26. The highest BCUT2D eigenvalue weighted by Crippen LogP contribution is 2.46. The minimum absolute atomic E-state index is 0.0974. The standard InChI is InChI=1S/C17H15BrOS/c1-9-4-5-12-14(6-9)17(19)16(18)15(12)13-7-10(2)8-20-11(13)3/h4-6H,2,7-8H2,1,3H3. The molecule has 1 aliphatic heterocycles. The number of benzene rings is 1. The fraction of sp³-hybridized carbons (Fsp3) is 0.235. The topological polar surface area (TPSA) is 17.1 Å². The molecule has 3 rings (SSSR count). The van der Waals surface area contributed by atoms with Crippen LogP contribution in [-0.2, 0) is 0 Å². The van der Waals surface area contributed by atoms with Gasteiger partial charge in [0.1, 0.15) is 0 Å². The molecule has 0 unspecified atom stereocenters. The highest BCUT2D eigenvalue weighted by atomic mass is 79.9. The van der Waals surface area contributed by atoms with Crippen molar-refractivity contribution >= 4 is 39.0 Å². The lowest BCUT2D eigenvalue weighted by Crippen LogP contribution is -2.02. The first-order valence-electron chi connectivity index (χ1n) is 6.54. The molecule has 3 heteroatoms. The van der Waals surface area contributed by atoms with Crippen molar-refractivity contribution in [3.63, 3.8) is 0 Å². The number of carbonyl (C=O) groups excluding carboxylic acids is 1. The van der Waals surface area contributed by atoms with E-state index in [9.17, 15) is 4.79 Å². The Hall–Kier alpha value is -1.06. The maximum absolute atomic E-state index is 12.4. The zero-order chi connectivity index (χ0) is 14.4. The Morgan fingerprint density at radius 1 is 1.25 bits per heavy atom. The average Bonchev–Trinajstić information content (AvgIpc) is 2.66. The van der Waals surface area contributed by atoms with Gasteiger partial charge in [-0.1, -0.05) is 29.8 Å². The molecule has 0 amide bonds. The fourth-order valence-electron chi connectivity index (χ4n) is 2.70. The predicted octanol–water partition coefficient (Wildman–Crippen LogP) is 5.26. The number of hydrogen-bond acceptors (Lipinski definition) is 2. The molecule has 0 atom stereocenters. The van der Waals surface area contributed by atoms with Gasteiger partial charge in [0.2, 0.25) is 5.78 Å². The maximum atomic E-state index is 12.4. The zero-order valence-electron chi connectivity index (χ0n) is 11.5. The summed E-state index contributed by atoms with van der Waals surface area (Å²) >= 11 is 5.33. The van der Waals surface area contributed by atoms with Crippen LogP contribution in [0.3, 0.4) is 0 Å². The quantitative estimate of drug-likeness (QED) is 0.644. The molecule has 0 saturated carbocycles. The van der Waals surface area contributed by atoms with Crippen LogP contribution in [0.2, 0.25) is 0 Å². The van der Waals surface area contributed by atoms with Crippen LogP contribution >= 0.6 is 27.7 Å². The van der Waals surface area contributed by atoms with E-state index in [-0.39, 0.29) is 5.78 Å². The van der Waals surface area contributed by atoms with Gasteiger partial charge < -0.3 is 0 Å². The molecule has 0 aromatic heterocycles. The van der Waals surface area contributed by atoms with Crippen molar-refractivity contribution in [2.45, 2.75) is 20.3 Å². The molecule has 0 saturated heterocycles. The molecule has 2 aliphatic rings. The normalized spacial score (nSPS) is 18.9. The number of fused-ring (bicyclic) bond motifs is 1. The SMILES string of the molecule is C=C1CSC(C)=C(C2=C(Br)C(=O)c3cc(C)ccc32)C1. The molecule has 0 bridgehead atoms. The van der Waals surface area contributed by atoms with Crippen LogP contribution in [0.1, 0.15) is 34.8 Å². The summed E-state index contributed by atoms with van der Waals surface area (Å²) in [7, 11) is 0. The minimum atomic E-state index is 0.0974. The van der Waals surface area contributed by atoms with E-state index in [1.807, 2.05) is 24.8 Å². The van der Waals surface area contributed by atoms with Gasteiger partial charge in [0.05, 0.1) is 4.48 Å². The van der Waals surface area contributed by atoms with Crippen molar-refractivity contribution in [2.24, 2.45) is 0 Å². The summed E-state index contributed by atoms with van der Waals surface area (Å²) in [6.07, 6.45) is 0.865. The van der Waals surface area contributed by atoms with Crippen LogP contribution < -0.4 is 0 Å². The van der Waals surface area contributed by atoms with Crippen molar-refractivity contribution in [3.05, 3.63) is 62.0 Å². The summed E-state index contributed by atoms with van der Waals surface area (Å²) in [5.74, 6) is 1.08. The monoisotopic (exact) mass is 346 g/mol. The Kier molecular flexibility index (Phi) is 3.51. The average molecular weight is 347 g/mol. The third kappa shape index (κ3) is 2.13. The lowest BCUT2D eigenvalue weighted by atomic mass is 9.93. The van der Waals surface area contributed by atoms with E-state index in [2.05, 4.69) is 41.6 Å². The highest BCUT2D eigenvalue weighted by molar-refractivity contribution is 9.12. The Balaban J connectivity index is 2.20. The van der Waals surface area contributed by atoms with Gasteiger partial charge >= 0.3 is 0 Å². The Morgan fingerprint density at radius 3 is 2.75 bits per heavy atom. The molecule has 1 aromatic carbocycles. The van der Waals surface area contributed by atoms with Crippen molar-refractivity contribution < 1.29 is 4.79 Å². The summed E-state index contributed by atoms with van der Waals surface area (Å²) in [4.78, 5) is 13.7. The molecule has 1 nitrogen and oxygen atoms in total. The lowest BCUT2D eigenvalue weighted by molar-refractivity contribution is 0.104. The van der Waals surface area contributed by atoms with E-state index < -0.39 is 0 Å². The summed E-state index contributed by atoms with van der Waals surface area (Å²) in [5, 5.41) is 0. The molecule has 0 spiro atoms. The zero-order valence-corrected chi connectivity index (χ0v) is 14.0. The smallest absolute Gasteiger partial charge is 0.201 e. The molecule has 20 heavy (non-hydrogen) atoms. The first-order chi connectivity index (χ1) is 9.49. The third-order valence-corrected chi connectivity index (χ3v) is 5.74. The number of ketones is 1. The highest BCUT2D eigenvalue weighted by Gasteiger charge is 2.31. The number of thioether (sulfide) groups is 1. The second-order valence-corrected chi connectivity index (χ2v) is 7.30. The molecule has 0 fully saturated rings. The molecular weight excluding hydrogens is 332 g/mol. The second-order valence-electron chi connectivity index (χ2n) is 5.32. The van der Waals surface area contributed by atoms with Gasteiger partial charge in [-0.3, -0.25) is 4.79 Å². The number of hydrogen-bond donors (Lipinski definition) is 0. The first-order valence-corrected chi connectivity index (χ1v) is 8.32. The van der Waals surface area contributed by atoms with Crippen LogP contribution in [0.15, 0.2) is 45.3 Å². The van der Waals surface area contributed by atoms with Crippen LogP contribution in [-0.4, -0.2) is 11.5 Å². The molecular formula is C17H15BrOS. The van der Waals surface area contributed by atoms with E-state index in [1.54, 1.807) is 0 Å². The number of halogens is 1. The number of rotatable bonds is 1. The van der Waals surface area contributed by atoms with Crippen molar-refractivity contribution in [1.82, 2.24) is 0 Å². The van der Waals surface area contributed by atoms with Gasteiger partial charge in [0.25, 0.3) is 0 Å². The van der Waals surface area contributed by atoms with Gasteiger partial charge in [-0.15, -0.1) is 11.8 Å².